The van der Waals surface area contributed by atoms with E-state index in [1.165, 1.54) is 0 Å². The molecule has 18 heavy (non-hydrogen) atoms. The lowest BCUT2D eigenvalue weighted by Gasteiger charge is -2.10. The van der Waals surface area contributed by atoms with Crippen LogP contribution < -0.4 is 11.1 Å². The Kier molecular flexibility index (Phi) is 6.54. The minimum absolute atomic E-state index is 0.00501. The molecule has 1 rings (SSSR count). The number of aryl methyl sites for hydroxylation is 1. The molecular formula is C13H19ClN2OS. The van der Waals surface area contributed by atoms with Crippen LogP contribution in [0.1, 0.15) is 12.5 Å². The van der Waals surface area contributed by atoms with Gasteiger partial charge in [0.25, 0.3) is 0 Å². The topological polar surface area (TPSA) is 55.1 Å². The van der Waals surface area contributed by atoms with Gasteiger partial charge in [0.2, 0.25) is 5.91 Å². The second-order valence-corrected chi connectivity index (χ2v) is 5.83. The minimum atomic E-state index is -0.00501. The largest absolute Gasteiger partial charge is 0.330 e. The summed E-state index contributed by atoms with van der Waals surface area (Å²) >= 11 is 7.49. The molecule has 1 aromatic carbocycles. The number of hydrogen-bond donors (Lipinski definition) is 2. The molecule has 0 fully saturated rings. The first-order valence-electron chi connectivity index (χ1n) is 5.86. The Morgan fingerprint density at radius 3 is 2.94 bits per heavy atom. The fourth-order valence-electron chi connectivity index (χ4n) is 1.34. The first-order chi connectivity index (χ1) is 8.52. The molecule has 0 aliphatic carbocycles. The van der Waals surface area contributed by atoms with Gasteiger partial charge in [-0.05, 0) is 42.8 Å². The number of thioether (sulfide) groups is 1. The number of anilines is 1. The monoisotopic (exact) mass is 286 g/mol. The quantitative estimate of drug-likeness (QED) is 0.845. The summed E-state index contributed by atoms with van der Waals surface area (Å²) in [5.74, 6) is 1.78. The molecule has 0 radical (unpaired) electrons. The first-order valence-corrected chi connectivity index (χ1v) is 7.40. The zero-order valence-corrected chi connectivity index (χ0v) is 12.3. The lowest BCUT2D eigenvalue weighted by molar-refractivity contribution is -0.113. The molecule has 3 nitrogen and oxygen atoms in total. The van der Waals surface area contributed by atoms with Crippen LogP contribution in [0, 0.1) is 12.8 Å². The molecule has 1 atom stereocenters. The predicted molar refractivity (Wildman–Crippen MR) is 80.4 cm³/mol. The Hall–Kier alpha value is -0.710. The van der Waals surface area contributed by atoms with E-state index in [1.54, 1.807) is 17.8 Å². The molecule has 0 aromatic heterocycles. The van der Waals surface area contributed by atoms with E-state index in [-0.39, 0.29) is 5.91 Å². The zero-order chi connectivity index (χ0) is 13.5. The Bertz CT molecular complexity index is 412. The number of carbonyl (C=O) groups is 1. The highest BCUT2D eigenvalue weighted by Gasteiger charge is 2.07. The van der Waals surface area contributed by atoms with Crippen molar-refractivity contribution in [2.75, 3.05) is 23.4 Å². The van der Waals surface area contributed by atoms with Crippen molar-refractivity contribution >= 4 is 35.0 Å². The van der Waals surface area contributed by atoms with Crippen LogP contribution in [0.2, 0.25) is 5.02 Å². The van der Waals surface area contributed by atoms with Crippen molar-refractivity contribution < 1.29 is 4.79 Å². The van der Waals surface area contributed by atoms with Crippen molar-refractivity contribution in [2.45, 2.75) is 13.8 Å². The summed E-state index contributed by atoms with van der Waals surface area (Å²) in [5.41, 5.74) is 7.31. The fraction of sp³-hybridized carbons (Fsp3) is 0.462. The van der Waals surface area contributed by atoms with Crippen molar-refractivity contribution in [2.24, 2.45) is 11.7 Å². The molecule has 0 aliphatic rings. The number of carbonyl (C=O) groups excluding carboxylic acids is 1. The van der Waals surface area contributed by atoms with Gasteiger partial charge in [-0.3, -0.25) is 4.79 Å². The summed E-state index contributed by atoms with van der Waals surface area (Å²) in [6.07, 6.45) is 0. The molecule has 0 spiro atoms. The molecule has 1 unspecified atom stereocenters. The fourth-order valence-corrected chi connectivity index (χ4v) is 2.42. The van der Waals surface area contributed by atoms with E-state index in [4.69, 9.17) is 17.3 Å². The number of benzene rings is 1. The average molecular weight is 287 g/mol. The number of halogens is 1. The molecule has 0 bridgehead atoms. The Morgan fingerprint density at radius 1 is 1.56 bits per heavy atom. The lowest BCUT2D eigenvalue weighted by Crippen LogP contribution is -2.18. The van der Waals surface area contributed by atoms with E-state index < -0.39 is 0 Å². The molecule has 0 aliphatic heterocycles. The van der Waals surface area contributed by atoms with Gasteiger partial charge >= 0.3 is 0 Å². The second kappa shape index (κ2) is 7.67. The highest BCUT2D eigenvalue weighted by atomic mass is 35.5. The smallest absolute Gasteiger partial charge is 0.234 e. The third kappa shape index (κ3) is 5.29. The Morgan fingerprint density at radius 2 is 2.28 bits per heavy atom. The van der Waals surface area contributed by atoms with Crippen LogP contribution in [0.15, 0.2) is 18.2 Å². The maximum absolute atomic E-state index is 11.7. The zero-order valence-electron chi connectivity index (χ0n) is 10.7. The average Bonchev–Trinajstić information content (AvgIpc) is 2.33. The van der Waals surface area contributed by atoms with Crippen LogP contribution in [0.25, 0.3) is 0 Å². The number of nitrogens with two attached hydrogens (primary N) is 1. The molecule has 3 N–H and O–H groups in total. The molecule has 100 valence electrons. The highest BCUT2D eigenvalue weighted by Crippen LogP contribution is 2.20. The van der Waals surface area contributed by atoms with Gasteiger partial charge in [-0.15, -0.1) is 0 Å². The summed E-state index contributed by atoms with van der Waals surface area (Å²) in [6, 6.07) is 5.47. The van der Waals surface area contributed by atoms with Crippen molar-refractivity contribution in [3.63, 3.8) is 0 Å². The highest BCUT2D eigenvalue weighted by molar-refractivity contribution is 7.99. The summed E-state index contributed by atoms with van der Waals surface area (Å²) in [4.78, 5) is 11.7. The van der Waals surface area contributed by atoms with E-state index in [2.05, 4.69) is 12.2 Å². The van der Waals surface area contributed by atoms with Crippen LogP contribution >= 0.6 is 23.4 Å². The van der Waals surface area contributed by atoms with Crippen molar-refractivity contribution in [1.82, 2.24) is 0 Å². The van der Waals surface area contributed by atoms with Gasteiger partial charge < -0.3 is 11.1 Å². The molecule has 0 saturated heterocycles. The van der Waals surface area contributed by atoms with Crippen LogP contribution in [0.3, 0.4) is 0 Å². The molecule has 0 heterocycles. The van der Waals surface area contributed by atoms with Crippen LogP contribution in [0.5, 0.6) is 0 Å². The maximum Gasteiger partial charge on any atom is 0.234 e. The molecule has 1 aromatic rings. The Balaban J connectivity index is 2.42. The van der Waals surface area contributed by atoms with Crippen molar-refractivity contribution in [1.29, 1.82) is 0 Å². The number of hydrogen-bond acceptors (Lipinski definition) is 3. The summed E-state index contributed by atoms with van der Waals surface area (Å²) in [6.45, 7) is 4.67. The van der Waals surface area contributed by atoms with Gasteiger partial charge in [0.1, 0.15) is 0 Å². The SMILES string of the molecule is Cc1ccc(Cl)cc1NC(=O)CSCC(C)CN. The molecule has 1 amide bonds. The Labute approximate surface area is 117 Å². The maximum atomic E-state index is 11.7. The van der Waals surface area contributed by atoms with Crippen LogP contribution in [0.4, 0.5) is 5.69 Å². The third-order valence-electron chi connectivity index (χ3n) is 2.51. The van der Waals surface area contributed by atoms with Gasteiger partial charge in [0.05, 0.1) is 5.75 Å². The second-order valence-electron chi connectivity index (χ2n) is 4.36. The van der Waals surface area contributed by atoms with E-state index >= 15 is 0 Å². The predicted octanol–water partition coefficient (Wildman–Crippen LogP) is 2.91. The summed E-state index contributed by atoms with van der Waals surface area (Å²) in [7, 11) is 0. The standard InChI is InChI=1S/C13H19ClN2OS/c1-9(6-15)7-18-8-13(17)16-12-5-11(14)4-3-10(12)2/h3-5,9H,6-8,15H2,1-2H3,(H,16,17). The summed E-state index contributed by atoms with van der Waals surface area (Å²) in [5, 5.41) is 3.49. The first kappa shape index (κ1) is 15.3. The number of amides is 1. The molecule has 5 heteroatoms. The van der Waals surface area contributed by atoms with Gasteiger partial charge in [-0.1, -0.05) is 24.6 Å². The normalized spacial score (nSPS) is 12.2. The van der Waals surface area contributed by atoms with E-state index in [1.807, 2.05) is 19.1 Å². The number of nitrogens with one attached hydrogen (secondary N) is 1. The van der Waals surface area contributed by atoms with E-state index in [0.717, 1.165) is 17.0 Å². The lowest BCUT2D eigenvalue weighted by atomic mass is 10.2. The summed E-state index contributed by atoms with van der Waals surface area (Å²) < 4.78 is 0. The van der Waals surface area contributed by atoms with Gasteiger partial charge in [0.15, 0.2) is 0 Å². The van der Waals surface area contributed by atoms with Gasteiger partial charge in [-0.25, -0.2) is 0 Å². The molecular weight excluding hydrogens is 268 g/mol. The third-order valence-corrected chi connectivity index (χ3v) is 4.02. The van der Waals surface area contributed by atoms with Crippen LogP contribution in [-0.2, 0) is 4.79 Å². The minimum Gasteiger partial charge on any atom is -0.330 e. The van der Waals surface area contributed by atoms with E-state index in [9.17, 15) is 4.79 Å². The molecule has 0 saturated carbocycles. The van der Waals surface area contributed by atoms with Gasteiger partial charge in [-0.2, -0.15) is 11.8 Å². The van der Waals surface area contributed by atoms with Crippen molar-refractivity contribution in [3.05, 3.63) is 28.8 Å². The van der Waals surface area contributed by atoms with Crippen molar-refractivity contribution in [3.8, 4) is 0 Å². The van der Waals surface area contributed by atoms with Gasteiger partial charge in [0, 0.05) is 10.7 Å². The van der Waals surface area contributed by atoms with Crippen LogP contribution in [-0.4, -0.2) is 24.0 Å². The number of rotatable bonds is 6. The van der Waals surface area contributed by atoms with E-state index in [0.29, 0.717) is 23.2 Å².